The molecule has 0 amide bonds. The second-order valence-corrected chi connectivity index (χ2v) is 4.41. The molecular formula is C12H20N4O. The molecule has 1 aromatic heterocycles. The fraction of sp³-hybridized carbons (Fsp3) is 0.667. The highest BCUT2D eigenvalue weighted by Crippen LogP contribution is 2.15. The zero-order chi connectivity index (χ0) is 12.3. The molecule has 1 saturated heterocycles. The molecule has 1 aliphatic rings. The van der Waals surface area contributed by atoms with Gasteiger partial charge in [-0.25, -0.2) is 4.98 Å². The van der Waals surface area contributed by atoms with Crippen molar-refractivity contribution in [2.45, 2.75) is 32.7 Å². The van der Waals surface area contributed by atoms with E-state index in [9.17, 15) is 4.79 Å². The van der Waals surface area contributed by atoms with Crippen LogP contribution < -0.4 is 15.8 Å². The number of anilines is 1. The lowest BCUT2D eigenvalue weighted by Crippen LogP contribution is -2.58. The van der Waals surface area contributed by atoms with Crippen LogP contribution in [-0.4, -0.2) is 35.6 Å². The molecule has 2 N–H and O–H groups in total. The molecule has 0 atom stereocenters. The summed E-state index contributed by atoms with van der Waals surface area (Å²) in [6, 6.07) is 2.08. The van der Waals surface area contributed by atoms with E-state index in [0.29, 0.717) is 6.04 Å². The minimum absolute atomic E-state index is 0.0553. The van der Waals surface area contributed by atoms with Crippen molar-refractivity contribution in [3.8, 4) is 0 Å². The number of aromatic nitrogens is 2. The Labute approximate surface area is 101 Å². The second-order valence-electron chi connectivity index (χ2n) is 4.41. The summed E-state index contributed by atoms with van der Waals surface area (Å²) in [6.45, 7) is 7.06. The second kappa shape index (κ2) is 5.31. The molecule has 94 valence electrons. The first-order chi connectivity index (χ1) is 8.24. The molecule has 5 heteroatoms. The van der Waals surface area contributed by atoms with Gasteiger partial charge in [0.2, 0.25) is 0 Å². The molecule has 1 fully saturated rings. The van der Waals surface area contributed by atoms with Crippen molar-refractivity contribution in [3.63, 3.8) is 0 Å². The minimum atomic E-state index is -0.0553. The van der Waals surface area contributed by atoms with E-state index in [4.69, 9.17) is 0 Å². The zero-order valence-corrected chi connectivity index (χ0v) is 10.5. The van der Waals surface area contributed by atoms with Crippen molar-refractivity contribution in [1.82, 2.24) is 15.3 Å². The predicted molar refractivity (Wildman–Crippen MR) is 68.5 cm³/mol. The Hall–Kier alpha value is -1.36. The maximum absolute atomic E-state index is 11.6. The van der Waals surface area contributed by atoms with Gasteiger partial charge >= 0.3 is 0 Å². The summed E-state index contributed by atoms with van der Waals surface area (Å²) >= 11 is 0. The quantitative estimate of drug-likeness (QED) is 0.782. The standard InChI is InChI=1S/C12H20N4O/c1-3-5-16(9-7-13-8-9)11-6-12(17)15-10(4-2)14-11/h6,9,13H,3-5,7-8H2,1-2H3,(H,14,15,17). The van der Waals surface area contributed by atoms with Crippen LogP contribution in [0.25, 0.3) is 0 Å². The van der Waals surface area contributed by atoms with E-state index < -0.39 is 0 Å². The summed E-state index contributed by atoms with van der Waals surface area (Å²) in [6.07, 6.45) is 1.82. The van der Waals surface area contributed by atoms with Gasteiger partial charge < -0.3 is 15.2 Å². The zero-order valence-electron chi connectivity index (χ0n) is 10.5. The molecule has 0 bridgehead atoms. The number of hydrogen-bond donors (Lipinski definition) is 2. The lowest BCUT2D eigenvalue weighted by molar-refractivity contribution is 0.410. The third-order valence-corrected chi connectivity index (χ3v) is 3.07. The lowest BCUT2D eigenvalue weighted by atomic mass is 10.1. The average molecular weight is 236 g/mol. The van der Waals surface area contributed by atoms with Crippen molar-refractivity contribution in [3.05, 3.63) is 22.2 Å². The van der Waals surface area contributed by atoms with Crippen molar-refractivity contribution >= 4 is 5.82 Å². The fourth-order valence-electron chi connectivity index (χ4n) is 2.03. The van der Waals surface area contributed by atoms with Gasteiger partial charge in [0, 0.05) is 32.1 Å². The molecule has 17 heavy (non-hydrogen) atoms. The largest absolute Gasteiger partial charge is 0.351 e. The highest BCUT2D eigenvalue weighted by Gasteiger charge is 2.25. The third kappa shape index (κ3) is 2.66. The van der Waals surface area contributed by atoms with E-state index in [1.165, 1.54) is 0 Å². The van der Waals surface area contributed by atoms with Crippen molar-refractivity contribution < 1.29 is 0 Å². The van der Waals surface area contributed by atoms with Gasteiger partial charge in [-0.3, -0.25) is 4.79 Å². The van der Waals surface area contributed by atoms with Crippen LogP contribution in [0.1, 0.15) is 26.1 Å². The molecule has 1 aromatic rings. The third-order valence-electron chi connectivity index (χ3n) is 3.07. The normalized spacial score (nSPS) is 15.6. The van der Waals surface area contributed by atoms with Gasteiger partial charge in [0.1, 0.15) is 11.6 Å². The maximum Gasteiger partial charge on any atom is 0.252 e. The summed E-state index contributed by atoms with van der Waals surface area (Å²) in [4.78, 5) is 21.1. The Morgan fingerprint density at radius 3 is 2.76 bits per heavy atom. The Bertz CT molecular complexity index is 425. The number of aromatic amines is 1. The number of rotatable bonds is 5. The van der Waals surface area contributed by atoms with E-state index >= 15 is 0 Å². The topological polar surface area (TPSA) is 61.0 Å². The Morgan fingerprint density at radius 2 is 2.24 bits per heavy atom. The van der Waals surface area contributed by atoms with Gasteiger partial charge in [-0.05, 0) is 6.42 Å². The van der Waals surface area contributed by atoms with Crippen LogP contribution in [0.2, 0.25) is 0 Å². The first kappa shape index (κ1) is 12.1. The van der Waals surface area contributed by atoms with Crippen LogP contribution in [0.5, 0.6) is 0 Å². The van der Waals surface area contributed by atoms with Crippen molar-refractivity contribution in [1.29, 1.82) is 0 Å². The molecule has 0 spiro atoms. The number of hydrogen-bond acceptors (Lipinski definition) is 4. The van der Waals surface area contributed by atoms with Crippen LogP contribution in [-0.2, 0) is 6.42 Å². The molecular weight excluding hydrogens is 216 g/mol. The van der Waals surface area contributed by atoms with E-state index in [0.717, 1.165) is 44.1 Å². The molecule has 0 saturated carbocycles. The molecule has 1 aliphatic heterocycles. The van der Waals surface area contributed by atoms with Crippen LogP contribution in [0.4, 0.5) is 5.82 Å². The van der Waals surface area contributed by atoms with Crippen LogP contribution in [0.3, 0.4) is 0 Å². The van der Waals surface area contributed by atoms with Gasteiger partial charge in [-0.1, -0.05) is 13.8 Å². The van der Waals surface area contributed by atoms with Gasteiger partial charge in [-0.2, -0.15) is 0 Å². The monoisotopic (exact) mass is 236 g/mol. The lowest BCUT2D eigenvalue weighted by Gasteiger charge is -2.39. The molecule has 0 unspecified atom stereocenters. The molecule has 5 nitrogen and oxygen atoms in total. The minimum Gasteiger partial charge on any atom is -0.351 e. The number of H-pyrrole nitrogens is 1. The molecule has 2 heterocycles. The first-order valence-electron chi connectivity index (χ1n) is 6.32. The van der Waals surface area contributed by atoms with Crippen molar-refractivity contribution in [2.75, 3.05) is 24.5 Å². The Kier molecular flexibility index (Phi) is 3.78. The molecule has 0 radical (unpaired) electrons. The average Bonchev–Trinajstić information content (AvgIpc) is 2.25. The van der Waals surface area contributed by atoms with Gasteiger partial charge in [0.05, 0.1) is 6.04 Å². The van der Waals surface area contributed by atoms with E-state index in [1.807, 2.05) is 6.92 Å². The van der Waals surface area contributed by atoms with Crippen LogP contribution in [0.15, 0.2) is 10.9 Å². The van der Waals surface area contributed by atoms with Crippen molar-refractivity contribution in [2.24, 2.45) is 0 Å². The van der Waals surface area contributed by atoms with Crippen LogP contribution in [0, 0.1) is 0 Å². The Balaban J connectivity index is 2.27. The summed E-state index contributed by atoms with van der Waals surface area (Å²) in [5.41, 5.74) is -0.0553. The highest BCUT2D eigenvalue weighted by atomic mass is 16.1. The fourth-order valence-corrected chi connectivity index (χ4v) is 2.03. The van der Waals surface area contributed by atoms with E-state index in [2.05, 4.69) is 27.1 Å². The van der Waals surface area contributed by atoms with E-state index in [-0.39, 0.29) is 5.56 Å². The SMILES string of the molecule is CCCN(c1cc(=O)[nH]c(CC)n1)C1CNC1. The summed E-state index contributed by atoms with van der Waals surface area (Å²) in [5.74, 6) is 1.58. The van der Waals surface area contributed by atoms with Gasteiger partial charge in [0.25, 0.3) is 5.56 Å². The number of aryl methyl sites for hydroxylation is 1. The number of nitrogens with one attached hydrogen (secondary N) is 2. The molecule has 0 aliphatic carbocycles. The predicted octanol–water partition coefficient (Wildman–Crippen LogP) is 0.520. The summed E-state index contributed by atoms with van der Waals surface area (Å²) < 4.78 is 0. The molecule has 2 rings (SSSR count). The van der Waals surface area contributed by atoms with E-state index in [1.54, 1.807) is 6.07 Å². The first-order valence-corrected chi connectivity index (χ1v) is 6.32. The highest BCUT2D eigenvalue weighted by molar-refractivity contribution is 5.40. The number of nitrogens with zero attached hydrogens (tertiary/aromatic N) is 2. The van der Waals surface area contributed by atoms with Gasteiger partial charge in [-0.15, -0.1) is 0 Å². The molecule has 0 aromatic carbocycles. The van der Waals surface area contributed by atoms with Crippen LogP contribution >= 0.6 is 0 Å². The Morgan fingerprint density at radius 1 is 1.47 bits per heavy atom. The summed E-state index contributed by atoms with van der Waals surface area (Å²) in [7, 11) is 0. The van der Waals surface area contributed by atoms with Gasteiger partial charge in [0.15, 0.2) is 0 Å². The maximum atomic E-state index is 11.6. The smallest absolute Gasteiger partial charge is 0.252 e. The summed E-state index contributed by atoms with van der Waals surface area (Å²) in [5, 5.41) is 3.26.